The van der Waals surface area contributed by atoms with Crippen molar-refractivity contribution in [1.29, 1.82) is 0 Å². The van der Waals surface area contributed by atoms with Crippen molar-refractivity contribution in [3.05, 3.63) is 0 Å². The van der Waals surface area contributed by atoms with Gasteiger partial charge in [0.2, 0.25) is 0 Å². The van der Waals surface area contributed by atoms with Crippen LogP contribution in [0.2, 0.25) is 0 Å². The van der Waals surface area contributed by atoms with Crippen LogP contribution < -0.4 is 0 Å². The van der Waals surface area contributed by atoms with Crippen molar-refractivity contribution < 1.29 is 4.79 Å². The molecule has 1 aliphatic heterocycles. The molecule has 3 heteroatoms. The predicted octanol–water partition coefficient (Wildman–Crippen LogP) is 1.61. The Labute approximate surface area is 78.7 Å². The van der Waals surface area contributed by atoms with E-state index in [1.54, 1.807) is 0 Å². The maximum absolute atomic E-state index is 11.4. The molecular weight excluding hydrogens is 170 g/mol. The van der Waals surface area contributed by atoms with Crippen LogP contribution in [0, 0.1) is 5.92 Å². The van der Waals surface area contributed by atoms with Crippen LogP contribution in [0.5, 0.6) is 0 Å². The SMILES string of the molecule is CCSC(=O)C1CCN(C)CC1. The number of nitrogens with zero attached hydrogens (tertiary/aromatic N) is 1. The smallest absolute Gasteiger partial charge is 0.192 e. The molecule has 12 heavy (non-hydrogen) atoms. The Morgan fingerprint density at radius 2 is 2.08 bits per heavy atom. The van der Waals surface area contributed by atoms with Gasteiger partial charge in [0, 0.05) is 5.92 Å². The molecule has 0 aromatic rings. The van der Waals surface area contributed by atoms with Gasteiger partial charge in [-0.1, -0.05) is 18.7 Å². The molecule has 0 aliphatic carbocycles. The van der Waals surface area contributed by atoms with Gasteiger partial charge in [0.1, 0.15) is 0 Å². The van der Waals surface area contributed by atoms with Crippen LogP contribution in [0.25, 0.3) is 0 Å². The summed E-state index contributed by atoms with van der Waals surface area (Å²) in [6, 6.07) is 0. The van der Waals surface area contributed by atoms with Crippen molar-refractivity contribution in [1.82, 2.24) is 4.90 Å². The molecule has 0 amide bonds. The maximum atomic E-state index is 11.4. The highest BCUT2D eigenvalue weighted by Crippen LogP contribution is 2.21. The molecule has 0 N–H and O–H groups in total. The minimum Gasteiger partial charge on any atom is -0.306 e. The van der Waals surface area contributed by atoms with E-state index in [1.807, 2.05) is 6.92 Å². The van der Waals surface area contributed by atoms with Crippen molar-refractivity contribution in [2.24, 2.45) is 5.92 Å². The molecule has 0 saturated carbocycles. The van der Waals surface area contributed by atoms with Crippen LogP contribution in [-0.4, -0.2) is 35.9 Å². The van der Waals surface area contributed by atoms with Gasteiger partial charge in [-0.3, -0.25) is 4.79 Å². The van der Waals surface area contributed by atoms with Gasteiger partial charge < -0.3 is 4.90 Å². The molecule has 0 aromatic heterocycles. The van der Waals surface area contributed by atoms with Crippen LogP contribution in [-0.2, 0) is 4.79 Å². The second-order valence-electron chi connectivity index (χ2n) is 3.33. The predicted molar refractivity (Wildman–Crippen MR) is 53.4 cm³/mol. The highest BCUT2D eigenvalue weighted by Gasteiger charge is 2.22. The van der Waals surface area contributed by atoms with Gasteiger partial charge in [0.15, 0.2) is 5.12 Å². The summed E-state index contributed by atoms with van der Waals surface area (Å²) in [6.45, 7) is 4.21. The third-order valence-electron chi connectivity index (χ3n) is 2.34. The first kappa shape index (κ1) is 10.1. The van der Waals surface area contributed by atoms with Crippen LogP contribution >= 0.6 is 11.8 Å². The summed E-state index contributed by atoms with van der Waals surface area (Å²) in [6.07, 6.45) is 2.12. The first-order valence-electron chi connectivity index (χ1n) is 4.59. The lowest BCUT2D eigenvalue weighted by Crippen LogP contribution is -2.32. The molecule has 1 heterocycles. The molecule has 0 bridgehead atoms. The highest BCUT2D eigenvalue weighted by atomic mass is 32.2. The maximum Gasteiger partial charge on any atom is 0.192 e. The van der Waals surface area contributed by atoms with Gasteiger partial charge >= 0.3 is 0 Å². The monoisotopic (exact) mass is 187 g/mol. The molecule has 0 aromatic carbocycles. The highest BCUT2D eigenvalue weighted by molar-refractivity contribution is 8.13. The summed E-state index contributed by atoms with van der Waals surface area (Å²) in [5.41, 5.74) is 0. The lowest BCUT2D eigenvalue weighted by Gasteiger charge is -2.27. The Bertz CT molecular complexity index is 153. The first-order valence-corrected chi connectivity index (χ1v) is 5.57. The van der Waals surface area contributed by atoms with Crippen LogP contribution in [0.15, 0.2) is 0 Å². The van der Waals surface area contributed by atoms with Crippen molar-refractivity contribution in [3.63, 3.8) is 0 Å². The average Bonchev–Trinajstić information content (AvgIpc) is 2.06. The summed E-state index contributed by atoms with van der Waals surface area (Å²) >= 11 is 1.48. The van der Waals surface area contributed by atoms with E-state index >= 15 is 0 Å². The quantitative estimate of drug-likeness (QED) is 0.655. The molecule has 0 radical (unpaired) electrons. The standard InChI is InChI=1S/C9H17NOS/c1-3-12-9(11)8-4-6-10(2)7-5-8/h8H,3-7H2,1-2H3. The van der Waals surface area contributed by atoms with Crippen LogP contribution in [0.1, 0.15) is 19.8 Å². The summed E-state index contributed by atoms with van der Waals surface area (Å²) in [5.74, 6) is 1.26. The van der Waals surface area contributed by atoms with Gasteiger partial charge in [-0.15, -0.1) is 0 Å². The van der Waals surface area contributed by atoms with E-state index in [0.717, 1.165) is 31.7 Å². The summed E-state index contributed by atoms with van der Waals surface area (Å²) in [4.78, 5) is 13.7. The number of carbonyl (C=O) groups excluding carboxylic acids is 1. The molecule has 1 saturated heterocycles. The number of hydrogen-bond acceptors (Lipinski definition) is 3. The number of carbonyl (C=O) groups is 1. The van der Waals surface area contributed by atoms with E-state index in [-0.39, 0.29) is 0 Å². The Hall–Kier alpha value is -0.0200. The van der Waals surface area contributed by atoms with E-state index in [4.69, 9.17) is 0 Å². The normalized spacial score (nSPS) is 21.2. The zero-order chi connectivity index (χ0) is 8.97. The molecule has 0 spiro atoms. The second kappa shape index (κ2) is 4.87. The minimum absolute atomic E-state index is 0.339. The number of rotatable bonds is 2. The number of likely N-dealkylation sites (tertiary alicyclic amines) is 1. The van der Waals surface area contributed by atoms with Crippen molar-refractivity contribution >= 4 is 16.9 Å². The third-order valence-corrected chi connectivity index (χ3v) is 3.25. The largest absolute Gasteiger partial charge is 0.306 e. The molecular formula is C9H17NOS. The van der Waals surface area contributed by atoms with Gasteiger partial charge in [-0.2, -0.15) is 0 Å². The summed E-state index contributed by atoms with van der Waals surface area (Å²) in [7, 11) is 2.12. The van der Waals surface area contributed by atoms with Crippen molar-refractivity contribution in [3.8, 4) is 0 Å². The van der Waals surface area contributed by atoms with Gasteiger partial charge in [-0.25, -0.2) is 0 Å². The molecule has 70 valence electrons. The molecule has 1 aliphatic rings. The Balaban J connectivity index is 2.29. The zero-order valence-electron chi connectivity index (χ0n) is 7.88. The third kappa shape index (κ3) is 2.79. The number of thioether (sulfide) groups is 1. The lowest BCUT2D eigenvalue weighted by molar-refractivity contribution is -0.115. The topological polar surface area (TPSA) is 20.3 Å². The van der Waals surface area contributed by atoms with E-state index in [0.29, 0.717) is 11.0 Å². The number of piperidine rings is 1. The van der Waals surface area contributed by atoms with Crippen LogP contribution in [0.4, 0.5) is 0 Å². The fraction of sp³-hybridized carbons (Fsp3) is 0.889. The minimum atomic E-state index is 0.339. The van der Waals surface area contributed by atoms with Gasteiger partial charge in [-0.05, 0) is 38.7 Å². The van der Waals surface area contributed by atoms with E-state index in [9.17, 15) is 4.79 Å². The Kier molecular flexibility index (Phi) is 4.09. The van der Waals surface area contributed by atoms with E-state index < -0.39 is 0 Å². The molecule has 1 fully saturated rings. The molecule has 1 rings (SSSR count). The second-order valence-corrected chi connectivity index (χ2v) is 4.60. The summed E-state index contributed by atoms with van der Waals surface area (Å²) in [5, 5.41) is 0.408. The Morgan fingerprint density at radius 1 is 1.50 bits per heavy atom. The van der Waals surface area contributed by atoms with Gasteiger partial charge in [0.25, 0.3) is 0 Å². The van der Waals surface area contributed by atoms with Crippen LogP contribution in [0.3, 0.4) is 0 Å². The molecule has 0 atom stereocenters. The van der Waals surface area contributed by atoms with Crippen molar-refractivity contribution in [2.75, 3.05) is 25.9 Å². The summed E-state index contributed by atoms with van der Waals surface area (Å²) < 4.78 is 0. The molecule has 2 nitrogen and oxygen atoms in total. The van der Waals surface area contributed by atoms with Crippen molar-refractivity contribution in [2.45, 2.75) is 19.8 Å². The van der Waals surface area contributed by atoms with E-state index in [2.05, 4.69) is 11.9 Å². The number of hydrogen-bond donors (Lipinski definition) is 0. The fourth-order valence-electron chi connectivity index (χ4n) is 1.50. The Morgan fingerprint density at radius 3 is 2.58 bits per heavy atom. The lowest BCUT2D eigenvalue weighted by atomic mass is 9.99. The molecule has 0 unspecified atom stereocenters. The first-order chi connectivity index (χ1) is 5.74. The zero-order valence-corrected chi connectivity index (χ0v) is 8.69. The average molecular weight is 187 g/mol. The van der Waals surface area contributed by atoms with E-state index in [1.165, 1.54) is 11.8 Å². The fourth-order valence-corrected chi connectivity index (χ4v) is 2.26. The van der Waals surface area contributed by atoms with Gasteiger partial charge in [0.05, 0.1) is 0 Å².